The predicted octanol–water partition coefficient (Wildman–Crippen LogP) is 2.06. The van der Waals surface area contributed by atoms with E-state index < -0.39 is 0 Å². The van der Waals surface area contributed by atoms with E-state index >= 15 is 0 Å². The largest absolute Gasteiger partial charge is 0.376 e. The average molecular weight is 292 g/mol. The molecule has 2 heterocycles. The zero-order valence-electron chi connectivity index (χ0n) is 7.45. The van der Waals surface area contributed by atoms with Crippen molar-refractivity contribution in [1.82, 2.24) is 9.78 Å². The summed E-state index contributed by atoms with van der Waals surface area (Å²) in [6.07, 6.45) is 8.00. The van der Waals surface area contributed by atoms with E-state index in [0.717, 1.165) is 13.2 Å². The van der Waals surface area contributed by atoms with Crippen LogP contribution in [0.5, 0.6) is 0 Å². The first kappa shape index (κ1) is 9.45. The Balaban J connectivity index is 1.89. The van der Waals surface area contributed by atoms with Gasteiger partial charge < -0.3 is 4.74 Å². The van der Waals surface area contributed by atoms with Crippen LogP contribution in [-0.4, -0.2) is 22.5 Å². The van der Waals surface area contributed by atoms with Crippen LogP contribution >= 0.6 is 22.6 Å². The molecule has 0 saturated carbocycles. The Morgan fingerprint density at radius 1 is 1.62 bits per heavy atom. The second kappa shape index (κ2) is 4.41. The van der Waals surface area contributed by atoms with E-state index in [1.165, 1.54) is 22.8 Å². The van der Waals surface area contributed by atoms with Crippen molar-refractivity contribution in [2.24, 2.45) is 0 Å². The second-order valence-electron chi connectivity index (χ2n) is 3.37. The summed E-state index contributed by atoms with van der Waals surface area (Å²) in [5.74, 6) is 0. The quantitative estimate of drug-likeness (QED) is 0.780. The molecule has 72 valence electrons. The highest BCUT2D eigenvalue weighted by atomic mass is 127. The number of aromatic nitrogens is 2. The van der Waals surface area contributed by atoms with E-state index in [1.54, 1.807) is 0 Å². The molecule has 1 unspecified atom stereocenters. The highest BCUT2D eigenvalue weighted by molar-refractivity contribution is 14.1. The minimum Gasteiger partial charge on any atom is -0.376 e. The molecule has 13 heavy (non-hydrogen) atoms. The number of rotatable bonds is 2. The Morgan fingerprint density at radius 3 is 3.15 bits per heavy atom. The summed E-state index contributed by atoms with van der Waals surface area (Å²) in [7, 11) is 0. The second-order valence-corrected chi connectivity index (χ2v) is 4.61. The number of hydrogen-bond donors (Lipinski definition) is 0. The Bertz CT molecular complexity index is 268. The van der Waals surface area contributed by atoms with Crippen molar-refractivity contribution in [3.8, 4) is 0 Å². The van der Waals surface area contributed by atoms with Gasteiger partial charge in [-0.05, 0) is 41.9 Å². The number of hydrogen-bond acceptors (Lipinski definition) is 2. The first-order valence-corrected chi connectivity index (χ1v) is 5.72. The van der Waals surface area contributed by atoms with Gasteiger partial charge in [0.05, 0.1) is 22.4 Å². The Morgan fingerprint density at radius 2 is 2.54 bits per heavy atom. The van der Waals surface area contributed by atoms with Crippen molar-refractivity contribution in [2.45, 2.75) is 31.9 Å². The summed E-state index contributed by atoms with van der Waals surface area (Å²) >= 11 is 2.27. The summed E-state index contributed by atoms with van der Waals surface area (Å²) in [6, 6.07) is 0. The van der Waals surface area contributed by atoms with Crippen molar-refractivity contribution < 1.29 is 4.74 Å². The van der Waals surface area contributed by atoms with Crippen molar-refractivity contribution in [3.63, 3.8) is 0 Å². The van der Waals surface area contributed by atoms with Gasteiger partial charge in [-0.1, -0.05) is 0 Å². The molecule has 1 aliphatic rings. The van der Waals surface area contributed by atoms with E-state index in [-0.39, 0.29) is 0 Å². The first-order chi connectivity index (χ1) is 6.34. The maximum atomic E-state index is 5.63. The van der Waals surface area contributed by atoms with Gasteiger partial charge in [0.2, 0.25) is 0 Å². The monoisotopic (exact) mass is 292 g/mol. The summed E-state index contributed by atoms with van der Waals surface area (Å²) < 4.78 is 8.79. The molecule has 0 aliphatic carbocycles. The maximum absolute atomic E-state index is 5.63. The molecule has 0 bridgehead atoms. The molecule has 1 aromatic rings. The molecule has 3 nitrogen and oxygen atoms in total. The smallest absolute Gasteiger partial charge is 0.0770 e. The molecule has 0 N–H and O–H groups in total. The molecule has 0 spiro atoms. The van der Waals surface area contributed by atoms with Crippen LogP contribution in [0.1, 0.15) is 19.3 Å². The van der Waals surface area contributed by atoms with E-state index in [0.29, 0.717) is 6.10 Å². The lowest BCUT2D eigenvalue weighted by Gasteiger charge is -2.22. The van der Waals surface area contributed by atoms with Crippen LogP contribution < -0.4 is 0 Å². The molecular formula is C9H13IN2O. The average Bonchev–Trinajstić information content (AvgIpc) is 2.53. The molecule has 0 amide bonds. The van der Waals surface area contributed by atoms with Crippen LogP contribution in [0.15, 0.2) is 12.4 Å². The molecule has 1 fully saturated rings. The fourth-order valence-electron chi connectivity index (χ4n) is 1.60. The molecule has 0 aromatic carbocycles. The van der Waals surface area contributed by atoms with Crippen LogP contribution in [0.4, 0.5) is 0 Å². The predicted molar refractivity (Wildman–Crippen MR) is 58.5 cm³/mol. The minimum absolute atomic E-state index is 0.379. The highest BCUT2D eigenvalue weighted by Gasteiger charge is 2.14. The van der Waals surface area contributed by atoms with E-state index in [1.807, 2.05) is 10.9 Å². The molecule has 0 radical (unpaired) electrons. The van der Waals surface area contributed by atoms with Crippen LogP contribution in [-0.2, 0) is 11.3 Å². The third kappa shape index (κ3) is 2.67. The Hall–Kier alpha value is -0.100. The van der Waals surface area contributed by atoms with Gasteiger partial charge in [-0.15, -0.1) is 0 Å². The van der Waals surface area contributed by atoms with Crippen LogP contribution in [0.25, 0.3) is 0 Å². The lowest BCUT2D eigenvalue weighted by atomic mass is 10.1. The fraction of sp³-hybridized carbons (Fsp3) is 0.667. The lowest BCUT2D eigenvalue weighted by molar-refractivity contribution is 0.00398. The van der Waals surface area contributed by atoms with Gasteiger partial charge in [0.15, 0.2) is 0 Å². The van der Waals surface area contributed by atoms with Crippen molar-refractivity contribution in [1.29, 1.82) is 0 Å². The topological polar surface area (TPSA) is 27.1 Å². The summed E-state index contributed by atoms with van der Waals surface area (Å²) in [6.45, 7) is 1.83. The molecule has 2 rings (SSSR count). The van der Waals surface area contributed by atoms with Gasteiger partial charge in [-0.25, -0.2) is 0 Å². The Labute approximate surface area is 91.6 Å². The standard InChI is InChI=1S/C9H13IN2O/c10-8-5-11-12(6-8)7-9-3-1-2-4-13-9/h5-6,9H,1-4,7H2. The normalized spacial score (nSPS) is 23.3. The van der Waals surface area contributed by atoms with Crippen LogP contribution in [0.2, 0.25) is 0 Å². The van der Waals surface area contributed by atoms with Gasteiger partial charge in [-0.2, -0.15) is 5.10 Å². The van der Waals surface area contributed by atoms with E-state index in [9.17, 15) is 0 Å². The van der Waals surface area contributed by atoms with Gasteiger partial charge in [0.1, 0.15) is 0 Å². The van der Waals surface area contributed by atoms with Gasteiger partial charge in [0, 0.05) is 12.8 Å². The molecule has 1 atom stereocenters. The van der Waals surface area contributed by atoms with Crippen molar-refractivity contribution in [3.05, 3.63) is 16.0 Å². The fourth-order valence-corrected chi connectivity index (χ4v) is 2.04. The SMILES string of the molecule is Ic1cnn(CC2CCCCO2)c1. The van der Waals surface area contributed by atoms with E-state index in [2.05, 4.69) is 33.9 Å². The summed E-state index contributed by atoms with van der Waals surface area (Å²) in [5.41, 5.74) is 0. The summed E-state index contributed by atoms with van der Waals surface area (Å²) in [4.78, 5) is 0. The minimum atomic E-state index is 0.379. The Kier molecular flexibility index (Phi) is 3.21. The van der Waals surface area contributed by atoms with Crippen molar-refractivity contribution in [2.75, 3.05) is 6.61 Å². The van der Waals surface area contributed by atoms with Crippen LogP contribution in [0, 0.1) is 3.57 Å². The van der Waals surface area contributed by atoms with Crippen LogP contribution in [0.3, 0.4) is 0 Å². The molecule has 1 aliphatic heterocycles. The lowest BCUT2D eigenvalue weighted by Crippen LogP contribution is -2.24. The first-order valence-electron chi connectivity index (χ1n) is 4.64. The molecule has 1 saturated heterocycles. The molecule has 1 aromatic heterocycles. The van der Waals surface area contributed by atoms with Crippen molar-refractivity contribution >= 4 is 22.6 Å². The zero-order valence-corrected chi connectivity index (χ0v) is 9.61. The molecule has 4 heteroatoms. The van der Waals surface area contributed by atoms with Gasteiger partial charge in [-0.3, -0.25) is 4.68 Å². The third-order valence-corrected chi connectivity index (χ3v) is 2.82. The number of halogens is 1. The maximum Gasteiger partial charge on any atom is 0.0770 e. The number of ether oxygens (including phenoxy) is 1. The number of nitrogens with zero attached hydrogens (tertiary/aromatic N) is 2. The third-order valence-electron chi connectivity index (χ3n) is 2.27. The highest BCUT2D eigenvalue weighted by Crippen LogP contribution is 2.14. The zero-order chi connectivity index (χ0) is 9.10. The van der Waals surface area contributed by atoms with Gasteiger partial charge in [0.25, 0.3) is 0 Å². The summed E-state index contributed by atoms with van der Waals surface area (Å²) in [5, 5.41) is 4.24. The molecular weight excluding hydrogens is 279 g/mol. The van der Waals surface area contributed by atoms with E-state index in [4.69, 9.17) is 4.74 Å². The van der Waals surface area contributed by atoms with Gasteiger partial charge >= 0.3 is 0 Å².